The van der Waals surface area contributed by atoms with Gasteiger partial charge in [0.1, 0.15) is 13.2 Å². The van der Waals surface area contributed by atoms with Gasteiger partial charge in [-0.25, -0.2) is 0 Å². The zero-order valence-electron chi connectivity index (χ0n) is 17.0. The van der Waals surface area contributed by atoms with Crippen LogP contribution in [0.4, 0.5) is 0 Å². The molecule has 6 nitrogen and oxygen atoms in total. The van der Waals surface area contributed by atoms with Gasteiger partial charge in [0.2, 0.25) is 0 Å². The van der Waals surface area contributed by atoms with Crippen molar-refractivity contribution in [2.45, 2.75) is 58.5 Å². The minimum Gasteiger partial charge on any atom is -0.486 e. The largest absolute Gasteiger partial charge is 0.486 e. The van der Waals surface area contributed by atoms with E-state index in [1.807, 2.05) is 34.7 Å². The number of fused-ring (bicyclic) bond motifs is 1. The standard InChI is InChI=1S/C22H29N3O3/c1-4-17(5-2)25-15(3)13-18(23-25)22(26)24-10-6-7-19(24)16-8-9-20-21(14-16)28-12-11-27-20/h8-9,13-14,17,19H,4-7,10-12H2,1-3H3/t19-/m0/s1. The van der Waals surface area contributed by atoms with Crippen molar-refractivity contribution in [3.8, 4) is 11.5 Å². The molecule has 0 aliphatic carbocycles. The van der Waals surface area contributed by atoms with E-state index in [0.717, 1.165) is 55.0 Å². The molecule has 1 aromatic carbocycles. The fourth-order valence-corrected chi connectivity index (χ4v) is 4.37. The van der Waals surface area contributed by atoms with E-state index in [0.29, 0.717) is 24.9 Å². The molecule has 0 unspecified atom stereocenters. The van der Waals surface area contributed by atoms with Crippen molar-refractivity contribution in [3.05, 3.63) is 41.2 Å². The molecule has 0 radical (unpaired) electrons. The predicted molar refractivity (Wildman–Crippen MR) is 107 cm³/mol. The highest BCUT2D eigenvalue weighted by Gasteiger charge is 2.33. The smallest absolute Gasteiger partial charge is 0.274 e. The van der Waals surface area contributed by atoms with E-state index in [-0.39, 0.29) is 11.9 Å². The molecule has 4 rings (SSSR count). The van der Waals surface area contributed by atoms with E-state index in [2.05, 4.69) is 25.0 Å². The number of hydrogen-bond donors (Lipinski definition) is 0. The van der Waals surface area contributed by atoms with E-state index in [1.54, 1.807) is 0 Å². The predicted octanol–water partition coefficient (Wildman–Crippen LogP) is 4.30. The number of rotatable bonds is 5. The van der Waals surface area contributed by atoms with Crippen LogP contribution in [0.15, 0.2) is 24.3 Å². The van der Waals surface area contributed by atoms with Crippen molar-refractivity contribution in [2.75, 3.05) is 19.8 Å². The molecular formula is C22H29N3O3. The van der Waals surface area contributed by atoms with E-state index in [9.17, 15) is 4.79 Å². The van der Waals surface area contributed by atoms with Gasteiger partial charge in [0.05, 0.1) is 12.1 Å². The van der Waals surface area contributed by atoms with Gasteiger partial charge in [-0.15, -0.1) is 0 Å². The SMILES string of the molecule is CCC(CC)n1nc(C(=O)N2CCC[C@H]2c2ccc3c(c2)OCCO3)cc1C. The van der Waals surface area contributed by atoms with Gasteiger partial charge in [-0.1, -0.05) is 19.9 Å². The molecule has 0 saturated carbocycles. The van der Waals surface area contributed by atoms with Crippen LogP contribution < -0.4 is 9.47 Å². The number of carbonyl (C=O) groups is 1. The third-order valence-electron chi connectivity index (χ3n) is 5.89. The van der Waals surface area contributed by atoms with Crippen molar-refractivity contribution >= 4 is 5.91 Å². The van der Waals surface area contributed by atoms with Gasteiger partial charge in [0.25, 0.3) is 5.91 Å². The van der Waals surface area contributed by atoms with Gasteiger partial charge in [-0.05, 0) is 56.4 Å². The van der Waals surface area contributed by atoms with Gasteiger partial charge in [-0.3, -0.25) is 9.48 Å². The molecule has 150 valence electrons. The summed E-state index contributed by atoms with van der Waals surface area (Å²) < 4.78 is 13.4. The number of ether oxygens (including phenoxy) is 2. The second-order valence-corrected chi connectivity index (χ2v) is 7.65. The summed E-state index contributed by atoms with van der Waals surface area (Å²) in [7, 11) is 0. The average molecular weight is 383 g/mol. The molecule has 6 heteroatoms. The summed E-state index contributed by atoms with van der Waals surface area (Å²) in [5.74, 6) is 1.58. The Kier molecular flexibility index (Phi) is 5.29. The first-order valence-electron chi connectivity index (χ1n) is 10.4. The van der Waals surface area contributed by atoms with Crippen LogP contribution in [0, 0.1) is 6.92 Å². The maximum Gasteiger partial charge on any atom is 0.274 e. The number of amides is 1. The first kappa shape index (κ1) is 18.8. The second-order valence-electron chi connectivity index (χ2n) is 7.65. The lowest BCUT2D eigenvalue weighted by atomic mass is 10.0. The van der Waals surface area contributed by atoms with Gasteiger partial charge < -0.3 is 14.4 Å². The van der Waals surface area contributed by atoms with Crippen LogP contribution in [0.5, 0.6) is 11.5 Å². The van der Waals surface area contributed by atoms with Crippen molar-refractivity contribution in [1.29, 1.82) is 0 Å². The first-order chi connectivity index (χ1) is 13.6. The number of hydrogen-bond acceptors (Lipinski definition) is 4. The molecule has 28 heavy (non-hydrogen) atoms. The molecule has 2 aliphatic rings. The molecule has 1 atom stereocenters. The van der Waals surface area contributed by atoms with Crippen molar-refractivity contribution < 1.29 is 14.3 Å². The van der Waals surface area contributed by atoms with E-state index in [1.165, 1.54) is 0 Å². The van der Waals surface area contributed by atoms with Crippen molar-refractivity contribution in [2.24, 2.45) is 0 Å². The van der Waals surface area contributed by atoms with E-state index < -0.39 is 0 Å². The second kappa shape index (κ2) is 7.86. The Hall–Kier alpha value is -2.50. The molecule has 1 aromatic heterocycles. The Morgan fingerprint density at radius 3 is 2.68 bits per heavy atom. The van der Waals surface area contributed by atoms with Crippen molar-refractivity contribution in [3.63, 3.8) is 0 Å². The number of aromatic nitrogens is 2. The molecule has 3 heterocycles. The molecule has 1 saturated heterocycles. The lowest BCUT2D eigenvalue weighted by Gasteiger charge is -2.26. The molecule has 2 aromatic rings. The van der Waals surface area contributed by atoms with Crippen molar-refractivity contribution in [1.82, 2.24) is 14.7 Å². The number of likely N-dealkylation sites (tertiary alicyclic amines) is 1. The Morgan fingerprint density at radius 1 is 1.18 bits per heavy atom. The monoisotopic (exact) mass is 383 g/mol. The number of carbonyl (C=O) groups excluding carboxylic acids is 1. The third kappa shape index (κ3) is 3.36. The molecule has 0 bridgehead atoms. The molecular weight excluding hydrogens is 354 g/mol. The summed E-state index contributed by atoms with van der Waals surface area (Å²) in [4.78, 5) is 15.2. The zero-order chi connectivity index (χ0) is 19.7. The van der Waals surface area contributed by atoms with E-state index >= 15 is 0 Å². The topological polar surface area (TPSA) is 56.6 Å². The Morgan fingerprint density at radius 2 is 1.93 bits per heavy atom. The number of nitrogens with zero attached hydrogens (tertiary/aromatic N) is 3. The summed E-state index contributed by atoms with van der Waals surface area (Å²) in [6.45, 7) is 8.26. The maximum atomic E-state index is 13.3. The lowest BCUT2D eigenvalue weighted by molar-refractivity contribution is 0.0727. The van der Waals surface area contributed by atoms with Crippen LogP contribution in [-0.2, 0) is 0 Å². The summed E-state index contributed by atoms with van der Waals surface area (Å²) >= 11 is 0. The summed E-state index contributed by atoms with van der Waals surface area (Å²) in [5.41, 5.74) is 2.70. The van der Waals surface area contributed by atoms with E-state index in [4.69, 9.17) is 9.47 Å². The van der Waals surface area contributed by atoms with Crippen LogP contribution in [0.25, 0.3) is 0 Å². The minimum absolute atomic E-state index is 0.0187. The highest BCUT2D eigenvalue weighted by molar-refractivity contribution is 5.93. The Balaban J connectivity index is 1.58. The summed E-state index contributed by atoms with van der Waals surface area (Å²) in [6.07, 6.45) is 3.97. The van der Waals surface area contributed by atoms with Gasteiger partial charge in [-0.2, -0.15) is 5.10 Å². The highest BCUT2D eigenvalue weighted by atomic mass is 16.6. The number of aryl methyl sites for hydroxylation is 1. The third-order valence-corrected chi connectivity index (χ3v) is 5.89. The highest BCUT2D eigenvalue weighted by Crippen LogP contribution is 2.38. The summed E-state index contributed by atoms with van der Waals surface area (Å²) in [6, 6.07) is 8.36. The quantitative estimate of drug-likeness (QED) is 0.772. The van der Waals surface area contributed by atoms with Crippen LogP contribution in [0.1, 0.15) is 73.4 Å². The number of benzene rings is 1. The molecule has 1 fully saturated rings. The zero-order valence-corrected chi connectivity index (χ0v) is 17.0. The van der Waals surface area contributed by atoms with Crippen LogP contribution in [-0.4, -0.2) is 40.3 Å². The van der Waals surface area contributed by atoms with Gasteiger partial charge >= 0.3 is 0 Å². The molecule has 2 aliphatic heterocycles. The fourth-order valence-electron chi connectivity index (χ4n) is 4.37. The van der Waals surface area contributed by atoms with Crippen LogP contribution in [0.3, 0.4) is 0 Å². The molecule has 0 N–H and O–H groups in total. The minimum atomic E-state index is 0.0187. The lowest BCUT2D eigenvalue weighted by Crippen LogP contribution is -2.31. The first-order valence-corrected chi connectivity index (χ1v) is 10.4. The average Bonchev–Trinajstić information content (AvgIpc) is 3.36. The Bertz CT molecular complexity index is 857. The van der Waals surface area contributed by atoms with Crippen LogP contribution in [0.2, 0.25) is 0 Å². The van der Waals surface area contributed by atoms with Gasteiger partial charge in [0, 0.05) is 12.2 Å². The maximum absolute atomic E-state index is 13.3. The normalized spacial score (nSPS) is 18.7. The Labute approximate surface area is 166 Å². The fraction of sp³-hybridized carbons (Fsp3) is 0.545. The summed E-state index contributed by atoms with van der Waals surface area (Å²) in [5, 5.41) is 4.68. The van der Waals surface area contributed by atoms with Crippen LogP contribution >= 0.6 is 0 Å². The van der Waals surface area contributed by atoms with Gasteiger partial charge in [0.15, 0.2) is 17.2 Å². The molecule has 0 spiro atoms. The molecule has 1 amide bonds.